The lowest BCUT2D eigenvalue weighted by atomic mass is 10.1. The van der Waals surface area contributed by atoms with Crippen LogP contribution < -0.4 is 14.9 Å². The van der Waals surface area contributed by atoms with Gasteiger partial charge in [0.05, 0.1) is 31.0 Å². The predicted octanol–water partition coefficient (Wildman–Crippen LogP) is 6.31. The molecule has 1 amide bonds. The van der Waals surface area contributed by atoms with Crippen molar-refractivity contribution in [1.82, 2.24) is 5.43 Å². The second kappa shape index (κ2) is 11.6. The molecule has 4 aromatic carbocycles. The van der Waals surface area contributed by atoms with Crippen molar-refractivity contribution in [3.05, 3.63) is 107 Å². The van der Waals surface area contributed by atoms with Crippen LogP contribution in [0.3, 0.4) is 0 Å². The Bertz CT molecular complexity index is 1450. The number of amides is 1. The summed E-state index contributed by atoms with van der Waals surface area (Å²) in [5.74, 6) is 0.804. The Balaban J connectivity index is 1.43. The van der Waals surface area contributed by atoms with Crippen LogP contribution in [0.5, 0.6) is 11.5 Å². The zero-order valence-corrected chi connectivity index (χ0v) is 23.2. The number of hydrogen-bond donors (Lipinski definition) is 1. The van der Waals surface area contributed by atoms with E-state index in [4.69, 9.17) is 9.47 Å². The third-order valence-corrected chi connectivity index (χ3v) is 6.85. The minimum atomic E-state index is -0.433. The number of fused-ring (bicyclic) bond motifs is 1. The van der Waals surface area contributed by atoms with E-state index in [2.05, 4.69) is 55.7 Å². The van der Waals surface area contributed by atoms with Crippen LogP contribution in [0.4, 0.5) is 5.69 Å². The topological polar surface area (TPSA) is 103 Å². The van der Waals surface area contributed by atoms with Crippen molar-refractivity contribution < 1.29 is 19.2 Å². The predicted molar refractivity (Wildman–Crippen MR) is 155 cm³/mol. The summed E-state index contributed by atoms with van der Waals surface area (Å²) in [6, 6.07) is 21.4. The second-order valence-corrected chi connectivity index (χ2v) is 9.95. The number of nitro groups is 1. The maximum atomic E-state index is 12.8. The Labute approximate surface area is 234 Å². The third-order valence-electron chi connectivity index (χ3n) is 5.24. The summed E-state index contributed by atoms with van der Waals surface area (Å²) in [6.45, 7) is 0.279. The number of halogens is 2. The van der Waals surface area contributed by atoms with Crippen LogP contribution in [0.2, 0.25) is 0 Å². The lowest BCUT2D eigenvalue weighted by Crippen LogP contribution is -2.18. The van der Waals surface area contributed by atoms with Gasteiger partial charge in [-0.15, -0.1) is 0 Å². The largest absolute Gasteiger partial charge is 0.496 e. The summed E-state index contributed by atoms with van der Waals surface area (Å²) in [7, 11) is 1.53. The summed E-state index contributed by atoms with van der Waals surface area (Å²) in [6.07, 6.45) is 1.57. The molecular weight excluding hydrogens is 688 g/mol. The van der Waals surface area contributed by atoms with E-state index in [-0.39, 0.29) is 18.2 Å². The lowest BCUT2D eigenvalue weighted by molar-refractivity contribution is -0.384. The first-order valence-corrected chi connectivity index (χ1v) is 12.8. The zero-order chi connectivity index (χ0) is 25.7. The molecule has 0 spiro atoms. The van der Waals surface area contributed by atoms with Gasteiger partial charge in [0.2, 0.25) is 0 Å². The number of carbonyl (C=O) groups excluding carboxylic acids is 1. The number of nitrogens with zero attached hydrogens (tertiary/aromatic N) is 2. The Hall–Kier alpha value is -3.26. The highest BCUT2D eigenvalue weighted by molar-refractivity contribution is 14.1. The van der Waals surface area contributed by atoms with E-state index in [1.165, 1.54) is 19.2 Å². The normalized spacial score (nSPS) is 11.0. The second-order valence-electron chi connectivity index (χ2n) is 7.62. The number of methoxy groups -OCH3 is 1. The first-order chi connectivity index (χ1) is 17.4. The van der Waals surface area contributed by atoms with Gasteiger partial charge < -0.3 is 9.47 Å². The summed E-state index contributed by atoms with van der Waals surface area (Å²) < 4.78 is 13.1. The number of benzene rings is 4. The van der Waals surface area contributed by atoms with E-state index in [1.54, 1.807) is 24.4 Å². The highest BCUT2D eigenvalue weighted by Crippen LogP contribution is 2.30. The van der Waals surface area contributed by atoms with Gasteiger partial charge in [-0.1, -0.05) is 24.3 Å². The first kappa shape index (κ1) is 25.8. The Kier molecular flexibility index (Phi) is 8.36. The summed E-state index contributed by atoms with van der Waals surface area (Å²) >= 11 is 4.35. The van der Waals surface area contributed by atoms with Crippen molar-refractivity contribution in [2.45, 2.75) is 6.61 Å². The van der Waals surface area contributed by atoms with Crippen LogP contribution in [0.1, 0.15) is 21.5 Å². The molecule has 0 bridgehead atoms. The molecule has 0 radical (unpaired) electrons. The molecule has 0 saturated carbocycles. The number of ether oxygens (including phenoxy) is 2. The number of hydrogen-bond acceptors (Lipinski definition) is 6. The molecule has 0 aliphatic carbocycles. The van der Waals surface area contributed by atoms with Gasteiger partial charge in [0, 0.05) is 12.1 Å². The maximum Gasteiger partial charge on any atom is 0.275 e. The highest BCUT2D eigenvalue weighted by atomic mass is 127. The fraction of sp³-hybridized carbons (Fsp3) is 0.0769. The van der Waals surface area contributed by atoms with Gasteiger partial charge in [-0.25, -0.2) is 5.43 Å². The molecule has 0 unspecified atom stereocenters. The molecule has 182 valence electrons. The molecule has 8 nitrogen and oxygen atoms in total. The lowest BCUT2D eigenvalue weighted by Gasteiger charge is -2.11. The molecule has 4 rings (SSSR count). The summed E-state index contributed by atoms with van der Waals surface area (Å²) in [5.41, 5.74) is 4.61. The SMILES string of the molecule is COc1cc2ccccc2cc1C(=O)N/N=C\c1cc(I)c(OCc2ccc([N+](=O)[O-])cc2)c(I)c1. The fourth-order valence-corrected chi connectivity index (χ4v) is 5.58. The van der Waals surface area contributed by atoms with Crippen molar-refractivity contribution >= 4 is 73.8 Å². The van der Waals surface area contributed by atoms with Gasteiger partial charge in [-0.05, 0) is 103 Å². The molecule has 0 aromatic heterocycles. The molecule has 0 saturated heterocycles. The first-order valence-electron chi connectivity index (χ1n) is 10.6. The van der Waals surface area contributed by atoms with Crippen molar-refractivity contribution in [3.63, 3.8) is 0 Å². The van der Waals surface area contributed by atoms with Gasteiger partial charge in [0.25, 0.3) is 11.6 Å². The number of hydrazone groups is 1. The van der Waals surface area contributed by atoms with E-state index in [0.29, 0.717) is 17.1 Å². The zero-order valence-electron chi connectivity index (χ0n) is 18.9. The molecule has 0 atom stereocenters. The molecular formula is C26H19I2N3O5. The van der Waals surface area contributed by atoms with Crippen LogP contribution in [0.25, 0.3) is 10.8 Å². The van der Waals surface area contributed by atoms with E-state index in [1.807, 2.05) is 42.5 Å². The smallest absolute Gasteiger partial charge is 0.275 e. The van der Waals surface area contributed by atoms with Gasteiger partial charge in [-0.2, -0.15) is 5.10 Å². The molecule has 0 heterocycles. The van der Waals surface area contributed by atoms with Crippen molar-refractivity contribution in [2.75, 3.05) is 7.11 Å². The summed E-state index contributed by atoms with van der Waals surface area (Å²) in [5, 5.41) is 16.8. The standard InChI is InChI=1S/C26H19I2N3O5/c1-35-24-13-19-5-3-2-4-18(19)12-21(24)26(32)30-29-14-17-10-22(27)25(23(28)11-17)36-15-16-6-8-20(9-7-16)31(33)34/h2-14H,15H2,1H3,(H,30,32)/b29-14-. The molecule has 0 fully saturated rings. The molecule has 10 heteroatoms. The number of carbonyl (C=O) groups is 1. The van der Waals surface area contributed by atoms with Crippen LogP contribution in [0.15, 0.2) is 77.9 Å². The van der Waals surface area contributed by atoms with E-state index in [0.717, 1.165) is 29.0 Å². The van der Waals surface area contributed by atoms with Crippen molar-refractivity contribution in [3.8, 4) is 11.5 Å². The average molecular weight is 707 g/mol. The van der Waals surface area contributed by atoms with Crippen LogP contribution in [-0.4, -0.2) is 24.2 Å². The quantitative estimate of drug-likeness (QED) is 0.100. The fourth-order valence-electron chi connectivity index (χ4n) is 3.45. The van der Waals surface area contributed by atoms with E-state index < -0.39 is 4.92 Å². The Morgan fingerprint density at radius 3 is 2.28 bits per heavy atom. The molecule has 4 aromatic rings. The van der Waals surface area contributed by atoms with E-state index >= 15 is 0 Å². The minimum absolute atomic E-state index is 0.0395. The number of non-ortho nitro benzene ring substituents is 1. The molecule has 0 aliphatic rings. The highest BCUT2D eigenvalue weighted by Gasteiger charge is 2.14. The van der Waals surface area contributed by atoms with Crippen molar-refractivity contribution in [1.29, 1.82) is 0 Å². The minimum Gasteiger partial charge on any atom is -0.496 e. The molecule has 0 aliphatic heterocycles. The molecule has 36 heavy (non-hydrogen) atoms. The van der Waals surface area contributed by atoms with Gasteiger partial charge in [0.15, 0.2) is 0 Å². The Morgan fingerprint density at radius 1 is 1.03 bits per heavy atom. The number of nitrogens with one attached hydrogen (secondary N) is 1. The summed E-state index contributed by atoms with van der Waals surface area (Å²) in [4.78, 5) is 23.1. The van der Waals surface area contributed by atoms with Crippen LogP contribution in [-0.2, 0) is 6.61 Å². The maximum absolute atomic E-state index is 12.8. The van der Waals surface area contributed by atoms with Crippen LogP contribution in [0, 0.1) is 17.3 Å². The number of nitro benzene ring substituents is 1. The number of rotatable bonds is 8. The Morgan fingerprint density at radius 2 is 1.67 bits per heavy atom. The van der Waals surface area contributed by atoms with Crippen molar-refractivity contribution in [2.24, 2.45) is 5.10 Å². The van der Waals surface area contributed by atoms with E-state index in [9.17, 15) is 14.9 Å². The van der Waals surface area contributed by atoms with Gasteiger partial charge >= 0.3 is 0 Å². The van der Waals surface area contributed by atoms with Gasteiger partial charge in [-0.3, -0.25) is 14.9 Å². The average Bonchev–Trinajstić information content (AvgIpc) is 2.87. The van der Waals surface area contributed by atoms with Gasteiger partial charge in [0.1, 0.15) is 18.1 Å². The van der Waals surface area contributed by atoms with Crippen LogP contribution >= 0.6 is 45.2 Å². The molecule has 1 N–H and O–H groups in total. The third kappa shape index (κ3) is 6.10. The monoisotopic (exact) mass is 707 g/mol.